The van der Waals surface area contributed by atoms with Crippen LogP contribution in [0.3, 0.4) is 0 Å². The Hall–Kier alpha value is -4.08. The van der Waals surface area contributed by atoms with Gasteiger partial charge in [0.05, 0.1) is 13.5 Å². The summed E-state index contributed by atoms with van der Waals surface area (Å²) in [5.74, 6) is -2.03. The molecule has 2 aromatic carbocycles. The van der Waals surface area contributed by atoms with Crippen molar-refractivity contribution in [1.82, 2.24) is 15.1 Å². The molecule has 3 amide bonds. The molecule has 0 radical (unpaired) electrons. The number of methoxy groups -OCH3 is 1. The maximum atomic E-state index is 12.8. The Morgan fingerprint density at radius 1 is 0.943 bits per heavy atom. The van der Waals surface area contributed by atoms with Gasteiger partial charge in [-0.25, -0.2) is 9.59 Å². The highest BCUT2D eigenvalue weighted by molar-refractivity contribution is 5.89. The fourth-order valence-corrected chi connectivity index (χ4v) is 4.08. The molecule has 1 aliphatic rings. The van der Waals surface area contributed by atoms with Gasteiger partial charge in [-0.3, -0.25) is 9.59 Å². The lowest BCUT2D eigenvalue weighted by molar-refractivity contribution is -0.142. The number of likely N-dealkylation sites (N-methyl/N-ethyl adjacent to an activating group) is 2. The molecule has 2 aromatic rings. The molecule has 0 aliphatic heterocycles. The van der Waals surface area contributed by atoms with E-state index in [0.29, 0.717) is 0 Å². The number of aliphatic carboxylic acids is 1. The van der Waals surface area contributed by atoms with E-state index in [-0.39, 0.29) is 25.6 Å². The molecular formula is C25H29N3O7. The van der Waals surface area contributed by atoms with Crippen molar-refractivity contribution in [3.8, 4) is 11.1 Å². The molecular weight excluding hydrogens is 454 g/mol. The SMILES string of the molecule is COC(=O)N(C)CCN(C)C(=O)C(CC(=O)O)NC(=O)OCC1c2ccccc2-c2ccccc21. The summed E-state index contributed by atoms with van der Waals surface area (Å²) in [6.07, 6.45) is -2.06. The molecule has 0 saturated carbocycles. The number of carbonyl (C=O) groups excluding carboxylic acids is 3. The largest absolute Gasteiger partial charge is 0.481 e. The van der Waals surface area contributed by atoms with Crippen molar-refractivity contribution in [2.24, 2.45) is 0 Å². The van der Waals surface area contributed by atoms with E-state index in [9.17, 15) is 24.3 Å². The quantitative estimate of drug-likeness (QED) is 0.561. The van der Waals surface area contributed by atoms with Crippen LogP contribution in [0.5, 0.6) is 0 Å². The number of rotatable bonds is 9. The van der Waals surface area contributed by atoms with E-state index < -0.39 is 36.5 Å². The number of hydrogen-bond acceptors (Lipinski definition) is 6. The van der Waals surface area contributed by atoms with Crippen LogP contribution < -0.4 is 5.32 Å². The molecule has 0 fully saturated rings. The molecule has 10 heteroatoms. The van der Waals surface area contributed by atoms with Crippen LogP contribution in [0.25, 0.3) is 11.1 Å². The minimum Gasteiger partial charge on any atom is -0.481 e. The predicted octanol–water partition coefficient (Wildman–Crippen LogP) is 2.53. The van der Waals surface area contributed by atoms with Crippen LogP contribution >= 0.6 is 0 Å². The van der Waals surface area contributed by atoms with Crippen molar-refractivity contribution >= 4 is 24.1 Å². The number of nitrogens with zero attached hydrogens (tertiary/aromatic N) is 2. The van der Waals surface area contributed by atoms with Gasteiger partial charge >= 0.3 is 18.2 Å². The molecule has 10 nitrogen and oxygen atoms in total. The van der Waals surface area contributed by atoms with Crippen molar-refractivity contribution in [2.75, 3.05) is 40.9 Å². The number of carboxylic acid groups (broad SMARTS) is 1. The van der Waals surface area contributed by atoms with Gasteiger partial charge in [-0.05, 0) is 22.3 Å². The average Bonchev–Trinajstić information content (AvgIpc) is 3.17. The van der Waals surface area contributed by atoms with Gasteiger partial charge in [0.1, 0.15) is 12.6 Å². The zero-order valence-corrected chi connectivity index (χ0v) is 19.9. The topological polar surface area (TPSA) is 125 Å². The first-order chi connectivity index (χ1) is 16.7. The van der Waals surface area contributed by atoms with Crippen LogP contribution in [-0.2, 0) is 19.1 Å². The van der Waals surface area contributed by atoms with E-state index in [0.717, 1.165) is 22.3 Å². The van der Waals surface area contributed by atoms with Gasteiger partial charge in [0.15, 0.2) is 0 Å². The molecule has 1 atom stereocenters. The van der Waals surface area contributed by atoms with E-state index in [1.165, 1.54) is 31.0 Å². The lowest BCUT2D eigenvalue weighted by Crippen LogP contribution is -2.50. The van der Waals surface area contributed by atoms with Crippen LogP contribution in [0.15, 0.2) is 48.5 Å². The molecule has 1 aliphatic carbocycles. The molecule has 0 spiro atoms. The van der Waals surface area contributed by atoms with Gasteiger partial charge in [-0.2, -0.15) is 0 Å². The maximum absolute atomic E-state index is 12.8. The molecule has 0 bridgehead atoms. The molecule has 2 N–H and O–H groups in total. The van der Waals surface area contributed by atoms with E-state index in [2.05, 4.69) is 10.1 Å². The van der Waals surface area contributed by atoms with Crippen LogP contribution in [0.1, 0.15) is 23.5 Å². The highest BCUT2D eigenvalue weighted by Gasteiger charge is 2.31. The second kappa shape index (κ2) is 11.4. The Labute approximate surface area is 203 Å². The van der Waals surface area contributed by atoms with Crippen molar-refractivity contribution in [3.05, 3.63) is 59.7 Å². The van der Waals surface area contributed by atoms with Crippen molar-refractivity contribution in [3.63, 3.8) is 0 Å². The zero-order valence-electron chi connectivity index (χ0n) is 19.9. The highest BCUT2D eigenvalue weighted by atomic mass is 16.5. The predicted molar refractivity (Wildman–Crippen MR) is 127 cm³/mol. The summed E-state index contributed by atoms with van der Waals surface area (Å²) in [6, 6.07) is 14.4. The summed E-state index contributed by atoms with van der Waals surface area (Å²) in [6.45, 7) is 0.320. The van der Waals surface area contributed by atoms with Gasteiger partial charge < -0.3 is 29.7 Å². The van der Waals surface area contributed by atoms with Crippen molar-refractivity contribution < 1.29 is 33.8 Å². The lowest BCUT2D eigenvalue weighted by Gasteiger charge is -2.25. The molecule has 0 saturated heterocycles. The van der Waals surface area contributed by atoms with Crippen LogP contribution in [0.2, 0.25) is 0 Å². The zero-order chi connectivity index (χ0) is 25.5. The number of alkyl carbamates (subject to hydrolysis) is 1. The third-order valence-corrected chi connectivity index (χ3v) is 5.95. The maximum Gasteiger partial charge on any atom is 0.409 e. The summed E-state index contributed by atoms with van der Waals surface area (Å²) in [7, 11) is 4.21. The highest BCUT2D eigenvalue weighted by Crippen LogP contribution is 2.44. The monoisotopic (exact) mass is 483 g/mol. The number of hydrogen-bond donors (Lipinski definition) is 2. The average molecular weight is 484 g/mol. The van der Waals surface area contributed by atoms with Gasteiger partial charge in [-0.15, -0.1) is 0 Å². The van der Waals surface area contributed by atoms with Gasteiger partial charge in [0.25, 0.3) is 0 Å². The van der Waals surface area contributed by atoms with E-state index in [4.69, 9.17) is 4.74 Å². The number of nitrogens with one attached hydrogen (secondary N) is 1. The number of carbonyl (C=O) groups is 4. The Balaban J connectivity index is 1.62. The smallest absolute Gasteiger partial charge is 0.409 e. The summed E-state index contributed by atoms with van der Waals surface area (Å²) in [5.41, 5.74) is 4.23. The Kier molecular flexibility index (Phi) is 8.30. The number of carboxylic acids is 1. The Bertz CT molecular complexity index is 1060. The number of fused-ring (bicyclic) bond motifs is 3. The number of amides is 3. The molecule has 186 valence electrons. The lowest BCUT2D eigenvalue weighted by atomic mass is 9.98. The molecule has 0 aromatic heterocycles. The fraction of sp³-hybridized carbons (Fsp3) is 0.360. The molecule has 0 heterocycles. The Morgan fingerprint density at radius 3 is 2.03 bits per heavy atom. The summed E-state index contributed by atoms with van der Waals surface area (Å²) in [5, 5.41) is 11.6. The number of ether oxygens (including phenoxy) is 2. The van der Waals surface area contributed by atoms with Crippen LogP contribution in [-0.4, -0.2) is 85.9 Å². The first kappa shape index (κ1) is 25.5. The minimum atomic E-state index is -1.32. The van der Waals surface area contributed by atoms with E-state index in [1.807, 2.05) is 48.5 Å². The van der Waals surface area contributed by atoms with Gasteiger partial charge in [0.2, 0.25) is 5.91 Å². The van der Waals surface area contributed by atoms with Gasteiger partial charge in [0, 0.05) is 33.1 Å². The van der Waals surface area contributed by atoms with Crippen molar-refractivity contribution in [2.45, 2.75) is 18.4 Å². The summed E-state index contributed by atoms with van der Waals surface area (Å²) in [4.78, 5) is 50.7. The normalized spacial score (nSPS) is 12.7. The molecule has 35 heavy (non-hydrogen) atoms. The van der Waals surface area contributed by atoms with Crippen LogP contribution in [0.4, 0.5) is 9.59 Å². The second-order valence-corrected chi connectivity index (χ2v) is 8.27. The molecule has 3 rings (SSSR count). The standard InChI is InChI=1S/C25H29N3O7/c1-27(12-13-28(2)25(33)34-3)23(31)21(14-22(29)30)26-24(32)35-15-20-18-10-6-4-8-16(18)17-9-5-7-11-19(17)20/h4-11,20-21H,12-15H2,1-3H3,(H,26,32)(H,29,30). The first-order valence-corrected chi connectivity index (χ1v) is 11.1. The summed E-state index contributed by atoms with van der Waals surface area (Å²) >= 11 is 0. The minimum absolute atomic E-state index is 0.0353. The summed E-state index contributed by atoms with van der Waals surface area (Å²) < 4.78 is 10.0. The third kappa shape index (κ3) is 6.08. The third-order valence-electron chi connectivity index (χ3n) is 5.95. The fourth-order valence-electron chi connectivity index (χ4n) is 4.08. The Morgan fingerprint density at radius 2 is 1.49 bits per heavy atom. The molecule has 1 unspecified atom stereocenters. The number of benzene rings is 2. The van der Waals surface area contributed by atoms with E-state index >= 15 is 0 Å². The van der Waals surface area contributed by atoms with Crippen LogP contribution in [0, 0.1) is 0 Å². The van der Waals surface area contributed by atoms with Crippen molar-refractivity contribution in [1.29, 1.82) is 0 Å². The van der Waals surface area contributed by atoms with Gasteiger partial charge in [-0.1, -0.05) is 48.5 Å². The first-order valence-electron chi connectivity index (χ1n) is 11.1. The van der Waals surface area contributed by atoms with E-state index in [1.54, 1.807) is 0 Å². The second-order valence-electron chi connectivity index (χ2n) is 8.27.